The van der Waals surface area contributed by atoms with Crippen molar-refractivity contribution in [2.75, 3.05) is 43.5 Å². The van der Waals surface area contributed by atoms with Gasteiger partial charge in [0.15, 0.2) is 11.5 Å². The number of imidazole rings is 1. The zero-order valence-electron chi connectivity index (χ0n) is 29.7. The molecule has 270 valence electrons. The van der Waals surface area contributed by atoms with Gasteiger partial charge in [0.2, 0.25) is 11.8 Å². The molecule has 52 heavy (non-hydrogen) atoms. The van der Waals surface area contributed by atoms with Crippen molar-refractivity contribution in [3.8, 4) is 5.75 Å². The Kier molecular flexibility index (Phi) is 9.35. The number of rotatable bonds is 9. The van der Waals surface area contributed by atoms with Crippen molar-refractivity contribution in [2.24, 2.45) is 5.92 Å². The Bertz CT molecular complexity index is 2100. The Labute approximate surface area is 302 Å². The van der Waals surface area contributed by atoms with E-state index in [1.54, 1.807) is 30.1 Å². The van der Waals surface area contributed by atoms with Gasteiger partial charge in [-0.15, -0.1) is 0 Å². The molecule has 13 nitrogen and oxygen atoms in total. The molecule has 3 aromatic heterocycles. The fourth-order valence-electron chi connectivity index (χ4n) is 8.30. The first-order valence-corrected chi connectivity index (χ1v) is 18.4. The minimum Gasteiger partial charge on any atom is -0.496 e. The maximum atomic E-state index is 13.4. The number of nitrogens with zero attached hydrogens (tertiary/aromatic N) is 7. The lowest BCUT2D eigenvalue weighted by atomic mass is 9.84. The Balaban J connectivity index is 0.826. The molecule has 8 rings (SSSR count). The average Bonchev–Trinajstić information content (AvgIpc) is 3.77. The first kappa shape index (κ1) is 33.8. The number of anilines is 2. The normalized spacial score (nSPS) is 22.8. The summed E-state index contributed by atoms with van der Waals surface area (Å²) in [6.45, 7) is 6.45. The van der Waals surface area contributed by atoms with Crippen molar-refractivity contribution in [1.82, 2.24) is 34.6 Å². The molecule has 2 atom stereocenters. The number of ether oxygens (including phenoxy) is 1. The third-order valence-corrected chi connectivity index (χ3v) is 11.2. The average molecular weight is 704 g/mol. The van der Waals surface area contributed by atoms with Gasteiger partial charge < -0.3 is 15.0 Å². The second-order valence-electron chi connectivity index (χ2n) is 14.5. The van der Waals surface area contributed by atoms with Gasteiger partial charge in [-0.3, -0.25) is 29.3 Å². The molecular formula is C39H45N9O4. The van der Waals surface area contributed by atoms with Crippen molar-refractivity contribution >= 4 is 45.8 Å². The van der Waals surface area contributed by atoms with E-state index in [0.717, 1.165) is 55.5 Å². The molecule has 0 radical (unpaired) electrons. The lowest BCUT2D eigenvalue weighted by Gasteiger charge is -2.42. The van der Waals surface area contributed by atoms with Crippen LogP contribution in [0.5, 0.6) is 5.75 Å². The number of benzene rings is 2. The van der Waals surface area contributed by atoms with E-state index in [0.29, 0.717) is 53.6 Å². The Morgan fingerprint density at radius 1 is 1.04 bits per heavy atom. The summed E-state index contributed by atoms with van der Waals surface area (Å²) < 4.78 is 9.30. The summed E-state index contributed by atoms with van der Waals surface area (Å²) in [7, 11) is 1.57. The smallest absolute Gasteiger partial charge is 0.260 e. The van der Waals surface area contributed by atoms with E-state index >= 15 is 0 Å². The van der Waals surface area contributed by atoms with Gasteiger partial charge in [-0.1, -0.05) is 12.1 Å². The zero-order chi connectivity index (χ0) is 35.8. The van der Waals surface area contributed by atoms with Gasteiger partial charge in [-0.05, 0) is 93.8 Å². The van der Waals surface area contributed by atoms with Gasteiger partial charge in [-0.2, -0.15) is 14.7 Å². The summed E-state index contributed by atoms with van der Waals surface area (Å²) in [6, 6.07) is 16.4. The number of carbonyl (C=O) groups excluding carboxylic acids is 3. The topological polar surface area (TPSA) is 139 Å². The van der Waals surface area contributed by atoms with Crippen LogP contribution < -0.4 is 20.3 Å². The monoisotopic (exact) mass is 703 g/mol. The molecule has 2 aliphatic heterocycles. The number of imide groups is 1. The summed E-state index contributed by atoms with van der Waals surface area (Å²) in [5, 5.41) is 15.5. The van der Waals surface area contributed by atoms with E-state index in [4.69, 9.17) is 9.84 Å². The van der Waals surface area contributed by atoms with Crippen molar-refractivity contribution in [2.45, 2.75) is 69.9 Å². The van der Waals surface area contributed by atoms with E-state index in [9.17, 15) is 14.4 Å². The van der Waals surface area contributed by atoms with Gasteiger partial charge in [0, 0.05) is 61.6 Å². The van der Waals surface area contributed by atoms with Crippen molar-refractivity contribution < 1.29 is 19.1 Å². The van der Waals surface area contributed by atoms with Crippen LogP contribution in [-0.2, 0) is 9.59 Å². The Hall–Kier alpha value is -5.30. The first-order chi connectivity index (χ1) is 25.3. The van der Waals surface area contributed by atoms with E-state index in [1.807, 2.05) is 30.3 Å². The van der Waals surface area contributed by atoms with Crippen LogP contribution in [0.25, 0.3) is 16.6 Å². The van der Waals surface area contributed by atoms with Crippen LogP contribution in [0, 0.1) is 5.92 Å². The molecule has 2 N–H and O–H groups in total. The van der Waals surface area contributed by atoms with Crippen LogP contribution >= 0.6 is 0 Å². The summed E-state index contributed by atoms with van der Waals surface area (Å²) >= 11 is 0. The summed E-state index contributed by atoms with van der Waals surface area (Å²) in [5.74, 6) is 0.755. The molecule has 2 saturated heterocycles. The van der Waals surface area contributed by atoms with E-state index in [-0.39, 0.29) is 23.6 Å². The highest BCUT2D eigenvalue weighted by atomic mass is 16.5. The van der Waals surface area contributed by atoms with Gasteiger partial charge in [-0.25, -0.2) is 4.98 Å². The van der Waals surface area contributed by atoms with Crippen molar-refractivity contribution in [3.63, 3.8) is 0 Å². The molecule has 1 saturated carbocycles. The maximum absolute atomic E-state index is 13.4. The van der Waals surface area contributed by atoms with Crippen LogP contribution in [0.2, 0.25) is 0 Å². The second-order valence-corrected chi connectivity index (χ2v) is 14.5. The predicted molar refractivity (Wildman–Crippen MR) is 198 cm³/mol. The van der Waals surface area contributed by atoms with Crippen LogP contribution in [0.1, 0.15) is 79.8 Å². The highest BCUT2D eigenvalue weighted by Gasteiger charge is 2.30. The maximum Gasteiger partial charge on any atom is 0.260 e. The van der Waals surface area contributed by atoms with Crippen molar-refractivity contribution in [3.05, 3.63) is 78.2 Å². The third-order valence-electron chi connectivity index (χ3n) is 11.2. The SMILES string of the molecule is COc1cc2nn(C3CCC(CCN4CCN(c5ccc(C6CCC(=O)NC6=O)cc5)[C@@H](C)C4)CC3)cc2cc1C(=O)Nc1cnc2cccnn12. The minimum absolute atomic E-state index is 0.180. The molecule has 2 aromatic carbocycles. The van der Waals surface area contributed by atoms with Crippen LogP contribution in [-0.4, -0.2) is 86.3 Å². The number of nitrogens with one attached hydrogen (secondary N) is 2. The number of amides is 3. The molecule has 0 bridgehead atoms. The predicted octanol–water partition coefficient (Wildman–Crippen LogP) is 5.19. The fourth-order valence-corrected chi connectivity index (χ4v) is 8.30. The molecule has 3 aliphatic rings. The molecule has 3 fully saturated rings. The van der Waals surface area contributed by atoms with Gasteiger partial charge in [0.05, 0.1) is 36.3 Å². The van der Waals surface area contributed by atoms with E-state index in [2.05, 4.69) is 60.5 Å². The first-order valence-electron chi connectivity index (χ1n) is 18.4. The fraction of sp³-hybridized carbons (Fsp3) is 0.436. The molecule has 3 amide bonds. The second kappa shape index (κ2) is 14.4. The van der Waals surface area contributed by atoms with E-state index < -0.39 is 0 Å². The highest BCUT2D eigenvalue weighted by molar-refractivity contribution is 6.08. The summed E-state index contributed by atoms with van der Waals surface area (Å²) in [4.78, 5) is 46.6. The lowest BCUT2D eigenvalue weighted by Crippen LogP contribution is -2.52. The van der Waals surface area contributed by atoms with Gasteiger partial charge in [0.1, 0.15) is 5.75 Å². The molecule has 13 heteroatoms. The summed E-state index contributed by atoms with van der Waals surface area (Å²) in [6.07, 6.45) is 12.0. The Morgan fingerprint density at radius 2 is 1.87 bits per heavy atom. The minimum atomic E-state index is -0.295. The number of methoxy groups -OCH3 is 1. The molecule has 5 heterocycles. The quantitative estimate of drug-likeness (QED) is 0.199. The van der Waals surface area contributed by atoms with Gasteiger partial charge in [0.25, 0.3) is 5.91 Å². The van der Waals surface area contributed by atoms with E-state index in [1.165, 1.54) is 24.9 Å². The molecular weight excluding hydrogens is 658 g/mol. The van der Waals surface area contributed by atoms with Gasteiger partial charge >= 0.3 is 0 Å². The number of piperazine rings is 1. The third kappa shape index (κ3) is 6.84. The van der Waals surface area contributed by atoms with Crippen LogP contribution in [0.15, 0.2) is 67.1 Å². The molecule has 0 spiro atoms. The number of piperidine rings is 1. The highest BCUT2D eigenvalue weighted by Crippen LogP contribution is 2.36. The standard InChI is InChI=1S/C39H45N9O4/c1-25-23-45(18-19-46(25)29-11-7-27(8-12-29)31-13-14-37(49)43-38(31)50)17-15-26-5-9-30(10-6-26)47-24-28-20-32(34(52-2)21-33(28)44-47)39(51)42-36-22-40-35-4-3-16-41-48(35)36/h3-4,7-8,11-12,16,20-22,24-26,30-31H,5-6,9-10,13-15,17-19,23H2,1-2H3,(H,42,51)(H,43,49,50)/t25-,26?,30?,31?/m0/s1. The number of aromatic nitrogens is 5. The number of hydrogen-bond donors (Lipinski definition) is 2. The number of carbonyl (C=O) groups is 3. The van der Waals surface area contributed by atoms with Crippen LogP contribution in [0.4, 0.5) is 11.5 Å². The van der Waals surface area contributed by atoms with Crippen molar-refractivity contribution in [1.29, 1.82) is 0 Å². The molecule has 1 unspecified atom stereocenters. The number of hydrogen-bond acceptors (Lipinski definition) is 9. The summed E-state index contributed by atoms with van der Waals surface area (Å²) in [5.41, 5.74) is 4.06. The van der Waals surface area contributed by atoms with Crippen LogP contribution in [0.3, 0.4) is 0 Å². The molecule has 1 aliphatic carbocycles. The largest absolute Gasteiger partial charge is 0.496 e. The zero-order valence-corrected chi connectivity index (χ0v) is 29.7. The Morgan fingerprint density at radius 3 is 2.63 bits per heavy atom. The number of fused-ring (bicyclic) bond motifs is 2. The molecule has 5 aromatic rings. The lowest BCUT2D eigenvalue weighted by molar-refractivity contribution is -0.134.